The zero-order chi connectivity index (χ0) is 28.9. The van der Waals surface area contributed by atoms with Gasteiger partial charge in [-0.1, -0.05) is 0 Å². The molecule has 210 valence electrons. The van der Waals surface area contributed by atoms with E-state index in [1.807, 2.05) is 0 Å². The molecule has 41 heavy (non-hydrogen) atoms. The minimum absolute atomic E-state index is 0.00461. The molecule has 1 aliphatic heterocycles. The highest BCUT2D eigenvalue weighted by Gasteiger charge is 2.27. The second-order valence-electron chi connectivity index (χ2n) is 9.05. The lowest BCUT2D eigenvalue weighted by molar-refractivity contribution is 0.0966. The van der Waals surface area contributed by atoms with Gasteiger partial charge in [0, 0.05) is 25.0 Å². The first-order valence-corrected chi connectivity index (χ1v) is 12.8. The number of nitrogens with one attached hydrogen (secondary N) is 2. The first-order chi connectivity index (χ1) is 19.9. The zero-order valence-corrected chi connectivity index (χ0v) is 22.4. The third kappa shape index (κ3) is 5.44. The molecule has 1 aliphatic rings. The number of halogens is 1. The third-order valence-electron chi connectivity index (χ3n) is 6.60. The number of hydrogen-bond donors (Lipinski definition) is 2. The van der Waals surface area contributed by atoms with Gasteiger partial charge in [0.1, 0.15) is 23.5 Å². The van der Waals surface area contributed by atoms with Gasteiger partial charge in [0.15, 0.2) is 11.5 Å². The van der Waals surface area contributed by atoms with Crippen LogP contribution in [0.3, 0.4) is 0 Å². The number of benzene rings is 2. The van der Waals surface area contributed by atoms with Crippen molar-refractivity contribution in [1.29, 1.82) is 5.41 Å². The summed E-state index contributed by atoms with van der Waals surface area (Å²) in [5.74, 6) is 0.206. The zero-order valence-electron chi connectivity index (χ0n) is 22.4. The fraction of sp³-hybridized carbons (Fsp3) is 0.207. The molecule has 5 rings (SSSR count). The van der Waals surface area contributed by atoms with Gasteiger partial charge in [-0.25, -0.2) is 19.0 Å². The summed E-state index contributed by atoms with van der Waals surface area (Å²) in [5, 5.41) is 10.6. The van der Waals surface area contributed by atoms with Crippen LogP contribution in [-0.4, -0.2) is 45.7 Å². The molecule has 2 aromatic carbocycles. The number of hydrogen-bond acceptors (Lipinski definition) is 8. The van der Waals surface area contributed by atoms with Crippen molar-refractivity contribution in [2.45, 2.75) is 25.8 Å². The average Bonchev–Trinajstić information content (AvgIpc) is 3.29. The van der Waals surface area contributed by atoms with Gasteiger partial charge in [0.25, 0.3) is 11.5 Å². The summed E-state index contributed by atoms with van der Waals surface area (Å²) in [7, 11) is 3.02. The standard InChI is InChI=1S/C29H27FN6O5/c1-39-24-14-21-22(15-25(24)40-2)33-17-34-28(21)41-20(6-5-12-31)16-32-27(37)26-23-7-3-4-13-35(23)36(29(26)38)19-10-8-18(30)9-11-19/h5-6,8-12,14-17,31H,3-4,7,13H2,1-2H3,(H,32,37). The second kappa shape index (κ2) is 11.9. The molecule has 3 heterocycles. The van der Waals surface area contributed by atoms with E-state index in [4.69, 9.17) is 19.6 Å². The van der Waals surface area contributed by atoms with E-state index in [1.54, 1.807) is 16.8 Å². The molecule has 0 saturated heterocycles. The number of carbonyl (C=O) groups excluding carboxylic acids is 1. The molecule has 0 fully saturated rings. The van der Waals surface area contributed by atoms with E-state index in [1.165, 1.54) is 67.8 Å². The first-order valence-electron chi connectivity index (χ1n) is 12.8. The summed E-state index contributed by atoms with van der Waals surface area (Å²) in [6.45, 7) is 0.552. The lowest BCUT2D eigenvalue weighted by Gasteiger charge is -2.19. The number of rotatable bonds is 9. The van der Waals surface area contributed by atoms with Gasteiger partial charge < -0.3 is 24.9 Å². The second-order valence-corrected chi connectivity index (χ2v) is 9.05. The molecule has 0 unspecified atom stereocenters. The number of ether oxygens (including phenoxy) is 3. The minimum atomic E-state index is -0.621. The van der Waals surface area contributed by atoms with Crippen molar-refractivity contribution in [1.82, 2.24) is 24.6 Å². The summed E-state index contributed by atoms with van der Waals surface area (Å²) < 4.78 is 33.5. The molecule has 0 saturated carbocycles. The Hall–Kier alpha value is -5.26. The van der Waals surface area contributed by atoms with Crippen LogP contribution < -0.4 is 25.1 Å². The molecule has 1 amide bonds. The number of nitrogens with zero attached hydrogens (tertiary/aromatic N) is 4. The van der Waals surface area contributed by atoms with E-state index in [0.29, 0.717) is 46.7 Å². The maximum atomic E-state index is 13.5. The number of amides is 1. The average molecular weight is 559 g/mol. The maximum absolute atomic E-state index is 13.5. The van der Waals surface area contributed by atoms with Crippen molar-refractivity contribution in [2.75, 3.05) is 14.2 Å². The van der Waals surface area contributed by atoms with Crippen LogP contribution in [0, 0.1) is 11.2 Å². The van der Waals surface area contributed by atoms with Gasteiger partial charge in [0.05, 0.1) is 36.5 Å². The van der Waals surface area contributed by atoms with E-state index in [2.05, 4.69) is 15.3 Å². The summed E-state index contributed by atoms with van der Waals surface area (Å²) in [4.78, 5) is 35.4. The van der Waals surface area contributed by atoms with Crippen LogP contribution in [-0.2, 0) is 13.0 Å². The van der Waals surface area contributed by atoms with Gasteiger partial charge in [0.2, 0.25) is 5.88 Å². The third-order valence-corrected chi connectivity index (χ3v) is 6.60. The lowest BCUT2D eigenvalue weighted by Crippen LogP contribution is -2.28. The topological polar surface area (TPSA) is 133 Å². The fourth-order valence-corrected chi connectivity index (χ4v) is 4.71. The Balaban J connectivity index is 1.49. The smallest absolute Gasteiger partial charge is 0.284 e. The number of carbonyl (C=O) groups is 1. The number of allylic oxidation sites excluding steroid dienone is 2. The maximum Gasteiger partial charge on any atom is 0.284 e. The fourth-order valence-electron chi connectivity index (χ4n) is 4.71. The molecule has 0 aliphatic carbocycles. The van der Waals surface area contributed by atoms with E-state index >= 15 is 0 Å². The molecule has 11 nitrogen and oxygen atoms in total. The van der Waals surface area contributed by atoms with Crippen LogP contribution >= 0.6 is 0 Å². The summed E-state index contributed by atoms with van der Waals surface area (Å²) in [5.41, 5.74) is 1.12. The van der Waals surface area contributed by atoms with Crippen molar-refractivity contribution < 1.29 is 23.4 Å². The Labute approximate surface area is 234 Å². The van der Waals surface area contributed by atoms with Crippen molar-refractivity contribution in [3.8, 4) is 23.1 Å². The van der Waals surface area contributed by atoms with Crippen molar-refractivity contribution in [3.63, 3.8) is 0 Å². The minimum Gasteiger partial charge on any atom is -0.493 e. The highest BCUT2D eigenvalue weighted by atomic mass is 19.1. The predicted molar refractivity (Wildman–Crippen MR) is 150 cm³/mol. The predicted octanol–water partition coefficient (Wildman–Crippen LogP) is 3.93. The van der Waals surface area contributed by atoms with Gasteiger partial charge in [-0.05, 0) is 61.7 Å². The molecule has 0 bridgehead atoms. The van der Waals surface area contributed by atoms with Gasteiger partial charge >= 0.3 is 0 Å². The first kappa shape index (κ1) is 27.3. The highest BCUT2D eigenvalue weighted by Crippen LogP contribution is 2.34. The van der Waals surface area contributed by atoms with E-state index in [0.717, 1.165) is 19.1 Å². The Morgan fingerprint density at radius 3 is 2.59 bits per heavy atom. The molecule has 0 atom stereocenters. The number of aromatic nitrogens is 4. The van der Waals surface area contributed by atoms with E-state index in [-0.39, 0.29) is 17.2 Å². The monoisotopic (exact) mass is 558 g/mol. The van der Waals surface area contributed by atoms with Crippen LogP contribution in [0.25, 0.3) is 16.6 Å². The Morgan fingerprint density at radius 2 is 1.85 bits per heavy atom. The highest BCUT2D eigenvalue weighted by molar-refractivity contribution is 5.96. The van der Waals surface area contributed by atoms with Crippen molar-refractivity contribution >= 4 is 23.0 Å². The lowest BCUT2D eigenvalue weighted by atomic mass is 10.1. The quantitative estimate of drug-likeness (QED) is 0.181. The Morgan fingerprint density at radius 1 is 1.10 bits per heavy atom. The van der Waals surface area contributed by atoms with Crippen molar-refractivity contribution in [2.24, 2.45) is 0 Å². The molecule has 2 aromatic heterocycles. The molecule has 0 radical (unpaired) electrons. The van der Waals surface area contributed by atoms with Crippen LogP contribution in [0.4, 0.5) is 4.39 Å². The van der Waals surface area contributed by atoms with Crippen LogP contribution in [0.5, 0.6) is 17.4 Å². The normalized spacial score (nSPS) is 13.2. The summed E-state index contributed by atoms with van der Waals surface area (Å²) in [6.07, 6.45) is 8.77. The molecule has 0 spiro atoms. The van der Waals surface area contributed by atoms with Gasteiger partial charge in [-0.2, -0.15) is 0 Å². The largest absolute Gasteiger partial charge is 0.493 e. The van der Waals surface area contributed by atoms with Crippen LogP contribution in [0.1, 0.15) is 28.9 Å². The van der Waals surface area contributed by atoms with Gasteiger partial charge in [-0.15, -0.1) is 0 Å². The molecule has 4 aromatic rings. The van der Waals surface area contributed by atoms with E-state index < -0.39 is 17.3 Å². The number of fused-ring (bicyclic) bond motifs is 2. The Kier molecular flexibility index (Phi) is 7.90. The van der Waals surface area contributed by atoms with Crippen molar-refractivity contribution in [3.05, 3.63) is 94.3 Å². The Bertz CT molecular complexity index is 1740. The summed E-state index contributed by atoms with van der Waals surface area (Å²) in [6, 6.07) is 8.91. The van der Waals surface area contributed by atoms with Crippen LogP contribution in [0.15, 0.2) is 71.6 Å². The van der Waals surface area contributed by atoms with Crippen LogP contribution in [0.2, 0.25) is 0 Å². The summed E-state index contributed by atoms with van der Waals surface area (Å²) >= 11 is 0. The molecular weight excluding hydrogens is 531 g/mol. The van der Waals surface area contributed by atoms with E-state index in [9.17, 15) is 14.0 Å². The van der Waals surface area contributed by atoms with Gasteiger partial charge in [-0.3, -0.25) is 14.3 Å². The molecular formula is C29H27FN6O5. The number of methoxy groups -OCH3 is 2. The molecule has 2 N–H and O–H groups in total. The SMILES string of the molecule is COc1cc2ncnc(OC(C=CC=N)=CNC(=O)c3c4n(n(-c5ccc(F)cc5)c3=O)CCCC4)c2cc1OC. The molecule has 12 heteroatoms.